The zero-order valence-electron chi connectivity index (χ0n) is 9.15. The first-order chi connectivity index (χ1) is 7.72. The first-order valence-corrected chi connectivity index (χ1v) is 5.59. The molecular weight excluding hydrogens is 222 g/mol. The molecule has 0 aliphatic rings. The van der Waals surface area contributed by atoms with Crippen molar-refractivity contribution >= 4 is 11.6 Å². The molecule has 0 unspecified atom stereocenters. The summed E-state index contributed by atoms with van der Waals surface area (Å²) in [4.78, 5) is 4.35. The number of imidazole rings is 1. The molecule has 0 spiro atoms. The van der Waals surface area contributed by atoms with Gasteiger partial charge in [0.1, 0.15) is 5.82 Å². The molecule has 0 aliphatic carbocycles. The second-order valence-electron chi connectivity index (χ2n) is 3.67. The summed E-state index contributed by atoms with van der Waals surface area (Å²) in [6.07, 6.45) is 2.63. The van der Waals surface area contributed by atoms with Crippen molar-refractivity contribution in [2.75, 3.05) is 6.54 Å². The van der Waals surface area contributed by atoms with Gasteiger partial charge in [0, 0.05) is 29.0 Å². The predicted molar refractivity (Wildman–Crippen MR) is 66.1 cm³/mol. The highest BCUT2D eigenvalue weighted by molar-refractivity contribution is 6.30. The molecule has 1 aromatic heterocycles. The Morgan fingerprint density at radius 3 is 2.62 bits per heavy atom. The minimum Gasteiger partial charge on any atom is -0.330 e. The summed E-state index contributed by atoms with van der Waals surface area (Å²) in [7, 11) is 0. The molecule has 4 heteroatoms. The molecule has 0 saturated heterocycles. The highest BCUT2D eigenvalue weighted by Crippen LogP contribution is 2.17. The van der Waals surface area contributed by atoms with Crippen LogP contribution in [0.3, 0.4) is 0 Å². The number of benzene rings is 1. The zero-order valence-corrected chi connectivity index (χ0v) is 9.91. The van der Waals surface area contributed by atoms with Crippen LogP contribution in [-0.4, -0.2) is 16.1 Å². The third-order valence-corrected chi connectivity index (χ3v) is 2.72. The number of nitrogens with two attached hydrogens (primary N) is 1. The second kappa shape index (κ2) is 4.68. The Balaban J connectivity index is 2.45. The van der Waals surface area contributed by atoms with Gasteiger partial charge in [-0.1, -0.05) is 11.6 Å². The Hall–Kier alpha value is -1.32. The molecule has 0 amide bonds. The average Bonchev–Trinajstić information content (AvgIpc) is 2.62. The third-order valence-electron chi connectivity index (χ3n) is 2.46. The van der Waals surface area contributed by atoms with Crippen LogP contribution in [0.4, 0.5) is 0 Å². The molecule has 0 atom stereocenters. The SMILES string of the molecule is Cc1cnc(CCN)n1-c1ccc(Cl)cc1. The van der Waals surface area contributed by atoms with Crippen molar-refractivity contribution in [3.05, 3.63) is 47.0 Å². The van der Waals surface area contributed by atoms with Crippen molar-refractivity contribution in [3.8, 4) is 5.69 Å². The molecule has 1 aromatic carbocycles. The van der Waals surface area contributed by atoms with Gasteiger partial charge in [0.2, 0.25) is 0 Å². The minimum atomic E-state index is 0.601. The van der Waals surface area contributed by atoms with Crippen LogP contribution in [0.1, 0.15) is 11.5 Å². The lowest BCUT2D eigenvalue weighted by Crippen LogP contribution is -2.09. The van der Waals surface area contributed by atoms with Gasteiger partial charge in [-0.05, 0) is 37.7 Å². The first-order valence-electron chi connectivity index (χ1n) is 5.21. The average molecular weight is 236 g/mol. The number of hydrogen-bond acceptors (Lipinski definition) is 2. The van der Waals surface area contributed by atoms with Crippen LogP contribution in [0.5, 0.6) is 0 Å². The van der Waals surface area contributed by atoms with Gasteiger partial charge >= 0.3 is 0 Å². The maximum absolute atomic E-state index is 5.87. The molecule has 0 fully saturated rings. The van der Waals surface area contributed by atoms with E-state index in [9.17, 15) is 0 Å². The Labute approximate surface area is 99.9 Å². The Bertz CT molecular complexity index is 474. The second-order valence-corrected chi connectivity index (χ2v) is 4.10. The van der Waals surface area contributed by atoms with Crippen molar-refractivity contribution in [1.29, 1.82) is 0 Å². The molecule has 0 radical (unpaired) electrons. The van der Waals surface area contributed by atoms with E-state index in [1.54, 1.807) is 0 Å². The van der Waals surface area contributed by atoms with E-state index in [0.29, 0.717) is 6.54 Å². The fourth-order valence-electron chi connectivity index (χ4n) is 1.74. The smallest absolute Gasteiger partial charge is 0.114 e. The lowest BCUT2D eigenvalue weighted by Gasteiger charge is -2.09. The molecule has 16 heavy (non-hydrogen) atoms. The van der Waals surface area contributed by atoms with E-state index in [-0.39, 0.29) is 0 Å². The van der Waals surface area contributed by atoms with Crippen molar-refractivity contribution < 1.29 is 0 Å². The maximum atomic E-state index is 5.87. The van der Waals surface area contributed by atoms with Crippen molar-refractivity contribution in [2.45, 2.75) is 13.3 Å². The van der Waals surface area contributed by atoms with E-state index in [1.165, 1.54) is 0 Å². The van der Waals surface area contributed by atoms with E-state index < -0.39 is 0 Å². The van der Waals surface area contributed by atoms with Gasteiger partial charge in [-0.3, -0.25) is 0 Å². The van der Waals surface area contributed by atoms with Crippen molar-refractivity contribution in [2.24, 2.45) is 5.73 Å². The first kappa shape index (κ1) is 11.2. The molecular formula is C12H14ClN3. The van der Waals surface area contributed by atoms with Gasteiger partial charge in [-0.25, -0.2) is 4.98 Å². The number of nitrogens with zero attached hydrogens (tertiary/aromatic N) is 2. The van der Waals surface area contributed by atoms with Crippen molar-refractivity contribution in [3.63, 3.8) is 0 Å². The van der Waals surface area contributed by atoms with Crippen LogP contribution in [0.15, 0.2) is 30.5 Å². The maximum Gasteiger partial charge on any atom is 0.114 e. The monoisotopic (exact) mass is 235 g/mol. The number of halogens is 1. The van der Waals surface area contributed by atoms with Gasteiger partial charge in [0.15, 0.2) is 0 Å². The molecule has 0 aliphatic heterocycles. The van der Waals surface area contributed by atoms with Crippen LogP contribution in [0.25, 0.3) is 5.69 Å². The summed E-state index contributed by atoms with van der Waals surface area (Å²) < 4.78 is 2.10. The normalized spacial score (nSPS) is 10.7. The molecule has 2 rings (SSSR count). The standard InChI is InChI=1S/C12H14ClN3/c1-9-8-15-12(6-7-14)16(9)11-4-2-10(13)3-5-11/h2-5,8H,6-7,14H2,1H3. The largest absolute Gasteiger partial charge is 0.330 e. The highest BCUT2D eigenvalue weighted by atomic mass is 35.5. The summed E-state index contributed by atoms with van der Waals surface area (Å²) >= 11 is 5.87. The third kappa shape index (κ3) is 2.10. The Morgan fingerprint density at radius 1 is 1.31 bits per heavy atom. The number of aryl methyl sites for hydroxylation is 1. The molecule has 0 saturated carbocycles. The van der Waals surface area contributed by atoms with Crippen LogP contribution >= 0.6 is 11.6 Å². The van der Waals surface area contributed by atoms with E-state index >= 15 is 0 Å². The van der Waals surface area contributed by atoms with Crippen LogP contribution in [-0.2, 0) is 6.42 Å². The van der Waals surface area contributed by atoms with E-state index in [2.05, 4.69) is 9.55 Å². The summed E-state index contributed by atoms with van der Waals surface area (Å²) in [5.41, 5.74) is 7.74. The molecule has 0 bridgehead atoms. The summed E-state index contributed by atoms with van der Waals surface area (Å²) in [5, 5.41) is 0.738. The van der Waals surface area contributed by atoms with Crippen LogP contribution in [0.2, 0.25) is 5.02 Å². The summed E-state index contributed by atoms with van der Waals surface area (Å²) in [5.74, 6) is 0.988. The van der Waals surface area contributed by atoms with Crippen molar-refractivity contribution in [1.82, 2.24) is 9.55 Å². The van der Waals surface area contributed by atoms with Crippen LogP contribution < -0.4 is 5.73 Å². The highest BCUT2D eigenvalue weighted by Gasteiger charge is 2.07. The molecule has 1 heterocycles. The lowest BCUT2D eigenvalue weighted by molar-refractivity contribution is 0.826. The quantitative estimate of drug-likeness (QED) is 0.888. The van der Waals surface area contributed by atoms with E-state index in [4.69, 9.17) is 17.3 Å². The summed E-state index contributed by atoms with van der Waals surface area (Å²) in [6, 6.07) is 7.72. The topological polar surface area (TPSA) is 43.8 Å². The van der Waals surface area contributed by atoms with Gasteiger partial charge in [0.05, 0.1) is 0 Å². The van der Waals surface area contributed by atoms with E-state index in [0.717, 1.165) is 28.6 Å². The predicted octanol–water partition coefficient (Wildman–Crippen LogP) is 2.34. The fourth-order valence-corrected chi connectivity index (χ4v) is 1.86. The lowest BCUT2D eigenvalue weighted by atomic mass is 10.3. The fraction of sp³-hybridized carbons (Fsp3) is 0.250. The molecule has 3 nitrogen and oxygen atoms in total. The van der Waals surface area contributed by atoms with Gasteiger partial charge in [0.25, 0.3) is 0 Å². The number of hydrogen-bond donors (Lipinski definition) is 1. The molecule has 2 N–H and O–H groups in total. The molecule has 84 valence electrons. The Morgan fingerprint density at radius 2 is 2.00 bits per heavy atom. The van der Waals surface area contributed by atoms with Gasteiger partial charge < -0.3 is 10.3 Å². The summed E-state index contributed by atoms with van der Waals surface area (Å²) in [6.45, 7) is 2.63. The number of aromatic nitrogens is 2. The number of rotatable bonds is 3. The van der Waals surface area contributed by atoms with E-state index in [1.807, 2.05) is 37.4 Å². The van der Waals surface area contributed by atoms with Crippen LogP contribution in [0, 0.1) is 6.92 Å². The van der Waals surface area contributed by atoms with Gasteiger partial charge in [-0.2, -0.15) is 0 Å². The molecule has 2 aromatic rings. The zero-order chi connectivity index (χ0) is 11.5. The van der Waals surface area contributed by atoms with Gasteiger partial charge in [-0.15, -0.1) is 0 Å². The minimum absolute atomic E-state index is 0.601. The Kier molecular flexibility index (Phi) is 3.27.